The van der Waals surface area contributed by atoms with Crippen molar-refractivity contribution >= 4 is 52.4 Å². The first kappa shape index (κ1) is 23.1. The summed E-state index contributed by atoms with van der Waals surface area (Å²) in [6.07, 6.45) is 0. The molecule has 0 aliphatic heterocycles. The fourth-order valence-corrected chi connectivity index (χ4v) is 3.13. The molecule has 0 spiro atoms. The second kappa shape index (κ2) is 10.6. The minimum atomic E-state index is -0.692. The van der Waals surface area contributed by atoms with Gasteiger partial charge in [0.05, 0.1) is 35.0 Å². The highest BCUT2D eigenvalue weighted by Crippen LogP contribution is 2.33. The second-order valence-corrected chi connectivity index (χ2v) is 7.69. The standard InChI is InChI=1S/C20H20Cl3NO5/c1-11(2)9-28-16-5-4-12(6-17(16)27-3)20(26)29-10-18(25)24-19-14(22)7-13(21)8-15(19)23/h4-8,11H,9-10H2,1-3H3,(H,24,25). The Morgan fingerprint density at radius 3 is 2.28 bits per heavy atom. The van der Waals surface area contributed by atoms with Gasteiger partial charge < -0.3 is 19.5 Å². The number of anilines is 1. The average molecular weight is 461 g/mol. The Bertz CT molecular complexity index is 879. The van der Waals surface area contributed by atoms with E-state index in [2.05, 4.69) is 5.32 Å². The first-order valence-corrected chi connectivity index (χ1v) is 9.77. The molecule has 2 aromatic carbocycles. The zero-order chi connectivity index (χ0) is 21.6. The summed E-state index contributed by atoms with van der Waals surface area (Å²) >= 11 is 17.9. The summed E-state index contributed by atoms with van der Waals surface area (Å²) in [7, 11) is 1.47. The lowest BCUT2D eigenvalue weighted by atomic mass is 10.2. The summed E-state index contributed by atoms with van der Waals surface area (Å²) in [5.41, 5.74) is 0.404. The maximum Gasteiger partial charge on any atom is 0.338 e. The largest absolute Gasteiger partial charge is 0.493 e. The summed E-state index contributed by atoms with van der Waals surface area (Å²) in [6, 6.07) is 7.51. The summed E-state index contributed by atoms with van der Waals surface area (Å²) in [6.45, 7) is 4.03. The van der Waals surface area contributed by atoms with Crippen molar-refractivity contribution in [2.24, 2.45) is 5.92 Å². The van der Waals surface area contributed by atoms with E-state index < -0.39 is 18.5 Å². The van der Waals surface area contributed by atoms with E-state index in [-0.39, 0.29) is 21.3 Å². The minimum Gasteiger partial charge on any atom is -0.493 e. The van der Waals surface area contributed by atoms with Gasteiger partial charge in [-0.25, -0.2) is 4.79 Å². The lowest BCUT2D eigenvalue weighted by Crippen LogP contribution is -2.21. The normalized spacial score (nSPS) is 10.6. The van der Waals surface area contributed by atoms with Gasteiger partial charge in [-0.15, -0.1) is 0 Å². The molecule has 0 saturated carbocycles. The molecule has 0 unspecified atom stereocenters. The minimum absolute atomic E-state index is 0.170. The van der Waals surface area contributed by atoms with Crippen LogP contribution < -0.4 is 14.8 Å². The monoisotopic (exact) mass is 459 g/mol. The van der Waals surface area contributed by atoms with Crippen LogP contribution in [0.3, 0.4) is 0 Å². The van der Waals surface area contributed by atoms with Crippen LogP contribution in [0.1, 0.15) is 24.2 Å². The third kappa shape index (κ3) is 6.70. The molecule has 156 valence electrons. The van der Waals surface area contributed by atoms with Crippen molar-refractivity contribution in [3.63, 3.8) is 0 Å². The molecule has 0 atom stereocenters. The van der Waals surface area contributed by atoms with E-state index in [1.54, 1.807) is 6.07 Å². The van der Waals surface area contributed by atoms with E-state index in [0.717, 1.165) is 0 Å². The molecule has 0 aliphatic rings. The maximum atomic E-state index is 12.3. The van der Waals surface area contributed by atoms with Gasteiger partial charge >= 0.3 is 5.97 Å². The molecule has 29 heavy (non-hydrogen) atoms. The zero-order valence-electron chi connectivity index (χ0n) is 16.1. The lowest BCUT2D eigenvalue weighted by Gasteiger charge is -2.13. The van der Waals surface area contributed by atoms with Gasteiger partial charge in [0.25, 0.3) is 5.91 Å². The average Bonchev–Trinajstić information content (AvgIpc) is 2.67. The summed E-state index contributed by atoms with van der Waals surface area (Å²) in [5, 5.41) is 3.16. The van der Waals surface area contributed by atoms with E-state index in [4.69, 9.17) is 49.0 Å². The Morgan fingerprint density at radius 1 is 1.03 bits per heavy atom. The van der Waals surface area contributed by atoms with Crippen molar-refractivity contribution in [1.29, 1.82) is 0 Å². The molecular formula is C20H20Cl3NO5. The number of hydrogen-bond donors (Lipinski definition) is 1. The highest BCUT2D eigenvalue weighted by molar-refractivity contribution is 6.42. The summed E-state index contributed by atoms with van der Waals surface area (Å²) in [4.78, 5) is 24.3. The SMILES string of the molecule is COc1cc(C(=O)OCC(=O)Nc2c(Cl)cc(Cl)cc2Cl)ccc1OCC(C)C. The number of ether oxygens (including phenoxy) is 3. The van der Waals surface area contributed by atoms with Crippen LogP contribution in [0, 0.1) is 5.92 Å². The fourth-order valence-electron chi connectivity index (χ4n) is 2.22. The third-order valence-corrected chi connectivity index (χ3v) is 4.39. The Kier molecular flexibility index (Phi) is 8.44. The topological polar surface area (TPSA) is 73.9 Å². The first-order chi connectivity index (χ1) is 13.7. The van der Waals surface area contributed by atoms with Gasteiger partial charge in [0.1, 0.15) is 0 Å². The van der Waals surface area contributed by atoms with Crippen LogP contribution >= 0.6 is 34.8 Å². The molecule has 1 N–H and O–H groups in total. The van der Waals surface area contributed by atoms with E-state index in [1.807, 2.05) is 13.8 Å². The quantitative estimate of drug-likeness (QED) is 0.528. The number of halogens is 3. The molecule has 1 amide bonds. The number of nitrogens with one attached hydrogen (secondary N) is 1. The molecule has 0 fully saturated rings. The van der Waals surface area contributed by atoms with Crippen LogP contribution in [-0.4, -0.2) is 32.2 Å². The summed E-state index contributed by atoms with van der Waals surface area (Å²) < 4.78 is 15.9. The Labute approximate surface area is 184 Å². The number of benzene rings is 2. The molecule has 2 aromatic rings. The van der Waals surface area contributed by atoms with Crippen molar-refractivity contribution in [2.45, 2.75) is 13.8 Å². The molecule has 2 rings (SSSR count). The lowest BCUT2D eigenvalue weighted by molar-refractivity contribution is -0.119. The number of methoxy groups -OCH3 is 1. The van der Waals surface area contributed by atoms with Crippen molar-refractivity contribution in [2.75, 3.05) is 25.6 Å². The van der Waals surface area contributed by atoms with Gasteiger partial charge in [0, 0.05) is 5.02 Å². The van der Waals surface area contributed by atoms with Crippen LogP contribution in [0.2, 0.25) is 15.1 Å². The van der Waals surface area contributed by atoms with E-state index in [0.29, 0.717) is 29.0 Å². The number of rotatable bonds is 8. The molecule has 9 heteroatoms. The molecule has 0 heterocycles. The van der Waals surface area contributed by atoms with E-state index in [9.17, 15) is 9.59 Å². The predicted octanol–water partition coefficient (Wildman–Crippen LogP) is 5.49. The number of carbonyl (C=O) groups is 2. The van der Waals surface area contributed by atoms with Crippen LogP contribution in [0.5, 0.6) is 11.5 Å². The van der Waals surface area contributed by atoms with E-state index in [1.165, 1.54) is 31.4 Å². The molecule has 0 aliphatic carbocycles. The first-order valence-electron chi connectivity index (χ1n) is 8.63. The smallest absolute Gasteiger partial charge is 0.338 e. The third-order valence-electron chi connectivity index (χ3n) is 3.58. The van der Waals surface area contributed by atoms with Gasteiger partial charge in [-0.05, 0) is 36.2 Å². The van der Waals surface area contributed by atoms with Gasteiger partial charge in [-0.1, -0.05) is 48.7 Å². The second-order valence-electron chi connectivity index (χ2n) is 6.44. The molecule has 0 radical (unpaired) electrons. The number of esters is 1. The zero-order valence-corrected chi connectivity index (χ0v) is 18.3. The predicted molar refractivity (Wildman–Crippen MR) is 114 cm³/mol. The number of hydrogen-bond acceptors (Lipinski definition) is 5. The summed E-state index contributed by atoms with van der Waals surface area (Å²) in [5.74, 6) is -0.0483. The van der Waals surface area contributed by atoms with Crippen molar-refractivity contribution in [3.05, 3.63) is 51.0 Å². The number of amides is 1. The van der Waals surface area contributed by atoms with E-state index >= 15 is 0 Å². The molecule has 0 saturated heterocycles. The molecular weight excluding hydrogens is 441 g/mol. The Morgan fingerprint density at radius 2 is 1.69 bits per heavy atom. The molecule has 0 aromatic heterocycles. The van der Waals surface area contributed by atoms with Crippen LogP contribution in [0.4, 0.5) is 5.69 Å². The van der Waals surface area contributed by atoms with Crippen LogP contribution in [-0.2, 0) is 9.53 Å². The number of carbonyl (C=O) groups excluding carboxylic acids is 2. The van der Waals surface area contributed by atoms with Crippen molar-refractivity contribution < 1.29 is 23.8 Å². The fraction of sp³-hybridized carbons (Fsp3) is 0.300. The van der Waals surface area contributed by atoms with Crippen LogP contribution in [0.25, 0.3) is 0 Å². The van der Waals surface area contributed by atoms with Gasteiger partial charge in [-0.3, -0.25) is 4.79 Å². The Balaban J connectivity index is 1.99. The molecule has 6 nitrogen and oxygen atoms in total. The van der Waals surface area contributed by atoms with Crippen molar-refractivity contribution in [1.82, 2.24) is 0 Å². The molecule has 0 bridgehead atoms. The van der Waals surface area contributed by atoms with Crippen molar-refractivity contribution in [3.8, 4) is 11.5 Å². The Hall–Kier alpha value is -2.15. The van der Waals surface area contributed by atoms with Gasteiger partial charge in [0.15, 0.2) is 18.1 Å². The highest BCUT2D eigenvalue weighted by Gasteiger charge is 2.16. The van der Waals surface area contributed by atoms with Crippen LogP contribution in [0.15, 0.2) is 30.3 Å². The highest BCUT2D eigenvalue weighted by atomic mass is 35.5. The maximum absolute atomic E-state index is 12.3. The van der Waals surface area contributed by atoms with Gasteiger partial charge in [-0.2, -0.15) is 0 Å². The van der Waals surface area contributed by atoms with Gasteiger partial charge in [0.2, 0.25) is 0 Å².